The maximum atomic E-state index is 13.6. The van der Waals surface area contributed by atoms with Gasteiger partial charge in [0.25, 0.3) is 15.9 Å². The van der Waals surface area contributed by atoms with E-state index in [4.69, 9.17) is 11.6 Å². The number of nitrogens with one attached hydrogen (secondary N) is 2. The van der Waals surface area contributed by atoms with Crippen molar-refractivity contribution >= 4 is 44.8 Å². The smallest absolute Gasteiger partial charge is 0.369 e. The molecule has 2 N–H and O–H groups in total. The van der Waals surface area contributed by atoms with Crippen molar-refractivity contribution in [3.63, 3.8) is 0 Å². The van der Waals surface area contributed by atoms with Crippen LogP contribution in [-0.2, 0) is 21.0 Å². The van der Waals surface area contributed by atoms with Gasteiger partial charge in [-0.05, 0) is 31.7 Å². The topological polar surface area (TPSA) is 112 Å². The Morgan fingerprint density at radius 2 is 1.83 bits per heavy atom. The fourth-order valence-electron chi connectivity index (χ4n) is 3.63. The molecule has 0 saturated carbocycles. The summed E-state index contributed by atoms with van der Waals surface area (Å²) in [5, 5.41) is 1.50. The van der Waals surface area contributed by atoms with Crippen LogP contribution in [0.1, 0.15) is 29.3 Å². The first-order chi connectivity index (χ1) is 16.3. The molecule has 2 amide bonds. The fourth-order valence-corrected chi connectivity index (χ4v) is 4.59. The number of benzene rings is 1. The van der Waals surface area contributed by atoms with Gasteiger partial charge in [0, 0.05) is 51.1 Å². The molecule has 1 aromatic carbocycles. The van der Waals surface area contributed by atoms with Crippen LogP contribution in [0.4, 0.5) is 24.5 Å². The highest BCUT2D eigenvalue weighted by Crippen LogP contribution is 2.39. The molecule has 1 aromatic heterocycles. The third kappa shape index (κ3) is 6.21. The highest BCUT2D eigenvalue weighted by molar-refractivity contribution is 7.89. The number of alkyl halides is 3. The maximum absolute atomic E-state index is 13.6. The standard InChI is InChI=1S/C21H23ClF3N5O4S/c1-13(31)29-6-3-7-30(9-8-29)18-12-16(21(23,24)25)17(22)11-15(18)20(32)28-14-4-5-27-19(10-14)35(33,34)26-2/h4-5,10-12,26H,3,6-9H2,1-2H3,(H,27,28,32). The zero-order valence-electron chi connectivity index (χ0n) is 18.8. The van der Waals surface area contributed by atoms with Crippen molar-refractivity contribution in [3.8, 4) is 0 Å². The predicted molar refractivity (Wildman–Crippen MR) is 124 cm³/mol. The lowest BCUT2D eigenvalue weighted by molar-refractivity contribution is -0.137. The number of carbonyl (C=O) groups excluding carboxylic acids is 2. The lowest BCUT2D eigenvalue weighted by Gasteiger charge is -2.27. The molecule has 14 heteroatoms. The second kappa shape index (κ2) is 10.4. The Kier molecular flexibility index (Phi) is 7.92. The third-order valence-electron chi connectivity index (χ3n) is 5.45. The van der Waals surface area contributed by atoms with Crippen LogP contribution < -0.4 is 14.9 Å². The average molecular weight is 534 g/mol. The quantitative estimate of drug-likeness (QED) is 0.611. The molecule has 0 bridgehead atoms. The van der Waals surface area contributed by atoms with Gasteiger partial charge in [-0.3, -0.25) is 9.59 Å². The van der Waals surface area contributed by atoms with E-state index in [1.54, 1.807) is 9.80 Å². The van der Waals surface area contributed by atoms with Crippen LogP contribution in [0.2, 0.25) is 5.02 Å². The van der Waals surface area contributed by atoms with Gasteiger partial charge in [-0.25, -0.2) is 18.1 Å². The average Bonchev–Trinajstić information content (AvgIpc) is 3.04. The second-order valence-corrected chi connectivity index (χ2v) is 9.98. The molecule has 3 rings (SSSR count). The minimum Gasteiger partial charge on any atom is -0.369 e. The van der Waals surface area contributed by atoms with Gasteiger partial charge in [-0.15, -0.1) is 0 Å². The van der Waals surface area contributed by atoms with Gasteiger partial charge < -0.3 is 15.1 Å². The molecule has 0 atom stereocenters. The summed E-state index contributed by atoms with van der Waals surface area (Å²) < 4.78 is 66.9. The van der Waals surface area contributed by atoms with Crippen molar-refractivity contribution in [2.45, 2.75) is 24.5 Å². The number of amides is 2. The van der Waals surface area contributed by atoms with Crippen molar-refractivity contribution in [2.75, 3.05) is 43.4 Å². The summed E-state index contributed by atoms with van der Waals surface area (Å²) in [5.74, 6) is -0.941. The predicted octanol–water partition coefficient (Wildman–Crippen LogP) is 2.97. The van der Waals surface area contributed by atoms with E-state index in [0.717, 1.165) is 18.2 Å². The highest BCUT2D eigenvalue weighted by Gasteiger charge is 2.35. The number of carbonyl (C=O) groups is 2. The number of aromatic nitrogens is 1. The number of nitrogens with zero attached hydrogens (tertiary/aromatic N) is 3. The Labute approximate surface area is 205 Å². The van der Waals surface area contributed by atoms with Gasteiger partial charge in [0.05, 0.1) is 21.8 Å². The number of anilines is 2. The number of hydrogen-bond acceptors (Lipinski definition) is 6. The summed E-state index contributed by atoms with van der Waals surface area (Å²) >= 11 is 5.90. The largest absolute Gasteiger partial charge is 0.417 e. The molecular formula is C21H23ClF3N5O4S. The van der Waals surface area contributed by atoms with E-state index >= 15 is 0 Å². The Hall–Kier alpha value is -2.90. The molecule has 2 aromatic rings. The third-order valence-corrected chi connectivity index (χ3v) is 7.08. The molecule has 1 saturated heterocycles. The van der Waals surface area contributed by atoms with Crippen LogP contribution in [0.5, 0.6) is 0 Å². The van der Waals surface area contributed by atoms with Gasteiger partial charge in [-0.1, -0.05) is 11.6 Å². The number of halogens is 4. The summed E-state index contributed by atoms with van der Waals surface area (Å²) in [5.41, 5.74) is -1.15. The zero-order valence-corrected chi connectivity index (χ0v) is 20.4. The lowest BCUT2D eigenvalue weighted by atomic mass is 10.1. The van der Waals surface area contributed by atoms with Crippen molar-refractivity contribution in [3.05, 3.63) is 46.6 Å². The molecule has 2 heterocycles. The maximum Gasteiger partial charge on any atom is 0.417 e. The molecule has 1 aliphatic heterocycles. The van der Waals surface area contributed by atoms with E-state index in [2.05, 4.69) is 15.0 Å². The number of hydrogen-bond donors (Lipinski definition) is 2. The van der Waals surface area contributed by atoms with Crippen molar-refractivity contribution in [1.82, 2.24) is 14.6 Å². The van der Waals surface area contributed by atoms with Crippen molar-refractivity contribution in [1.29, 1.82) is 0 Å². The van der Waals surface area contributed by atoms with E-state index < -0.39 is 32.7 Å². The summed E-state index contributed by atoms with van der Waals surface area (Å²) in [4.78, 5) is 31.8. The first-order valence-electron chi connectivity index (χ1n) is 10.5. The number of rotatable bonds is 5. The normalized spacial score (nSPS) is 15.0. The van der Waals surface area contributed by atoms with Gasteiger partial charge in [0.1, 0.15) is 0 Å². The van der Waals surface area contributed by atoms with E-state index in [-0.39, 0.29) is 41.0 Å². The Morgan fingerprint density at radius 1 is 1.11 bits per heavy atom. The lowest BCUT2D eigenvalue weighted by Crippen LogP contribution is -2.34. The Balaban J connectivity index is 2.01. The van der Waals surface area contributed by atoms with E-state index in [0.29, 0.717) is 19.5 Å². The van der Waals surface area contributed by atoms with Crippen LogP contribution >= 0.6 is 11.6 Å². The SMILES string of the molecule is CNS(=O)(=O)c1cc(NC(=O)c2cc(Cl)c(C(F)(F)F)cc2N2CCCN(C(C)=O)CC2)ccn1. The van der Waals surface area contributed by atoms with E-state index in [9.17, 15) is 31.2 Å². The highest BCUT2D eigenvalue weighted by atomic mass is 35.5. The molecule has 190 valence electrons. The zero-order chi connectivity index (χ0) is 26.0. The summed E-state index contributed by atoms with van der Waals surface area (Å²) in [7, 11) is -2.69. The molecule has 0 radical (unpaired) electrons. The first-order valence-corrected chi connectivity index (χ1v) is 12.3. The van der Waals surface area contributed by atoms with Crippen molar-refractivity contribution in [2.24, 2.45) is 0 Å². The summed E-state index contributed by atoms with van der Waals surface area (Å²) in [6, 6.07) is 4.22. The van der Waals surface area contributed by atoms with E-state index in [1.807, 2.05) is 0 Å². The Bertz CT molecular complexity index is 1240. The van der Waals surface area contributed by atoms with Gasteiger partial charge in [0.15, 0.2) is 5.03 Å². The molecule has 1 aliphatic rings. The minimum absolute atomic E-state index is 0.00162. The fraction of sp³-hybridized carbons (Fsp3) is 0.381. The minimum atomic E-state index is -4.75. The molecule has 1 fully saturated rings. The molecule has 0 spiro atoms. The molecule has 0 unspecified atom stereocenters. The van der Waals surface area contributed by atoms with Crippen LogP contribution in [-0.4, -0.2) is 63.3 Å². The second-order valence-electron chi connectivity index (χ2n) is 7.74. The van der Waals surface area contributed by atoms with Crippen LogP contribution in [0.3, 0.4) is 0 Å². The Morgan fingerprint density at radius 3 is 2.46 bits per heavy atom. The monoisotopic (exact) mass is 533 g/mol. The van der Waals surface area contributed by atoms with Gasteiger partial charge in [0.2, 0.25) is 5.91 Å². The molecule has 9 nitrogen and oxygen atoms in total. The number of sulfonamides is 1. The summed E-state index contributed by atoms with van der Waals surface area (Å²) in [6.07, 6.45) is -3.09. The summed E-state index contributed by atoms with van der Waals surface area (Å²) in [6.45, 7) is 2.64. The molecule has 0 aliphatic carbocycles. The van der Waals surface area contributed by atoms with Gasteiger partial charge >= 0.3 is 6.18 Å². The van der Waals surface area contributed by atoms with Gasteiger partial charge in [-0.2, -0.15) is 13.2 Å². The van der Waals surface area contributed by atoms with Crippen LogP contribution in [0.25, 0.3) is 0 Å². The molecule has 35 heavy (non-hydrogen) atoms. The van der Waals surface area contributed by atoms with Crippen LogP contribution in [0, 0.1) is 0 Å². The molecular weight excluding hydrogens is 511 g/mol. The van der Waals surface area contributed by atoms with Crippen molar-refractivity contribution < 1.29 is 31.2 Å². The van der Waals surface area contributed by atoms with E-state index in [1.165, 1.54) is 26.2 Å². The first kappa shape index (κ1) is 26.7. The van der Waals surface area contributed by atoms with Crippen LogP contribution in [0.15, 0.2) is 35.5 Å². The number of pyridine rings is 1.